The molecule has 2 fully saturated rings. The Kier molecular flexibility index (Phi) is 6.29. The predicted octanol–water partition coefficient (Wildman–Crippen LogP) is 1.64. The molecule has 0 saturated carbocycles. The van der Waals surface area contributed by atoms with Crippen LogP contribution in [0.2, 0.25) is 0 Å². The third-order valence-electron chi connectivity index (χ3n) is 4.96. The summed E-state index contributed by atoms with van der Waals surface area (Å²) in [5, 5.41) is 0. The average Bonchev–Trinajstić information content (AvgIpc) is 2.62. The van der Waals surface area contributed by atoms with Crippen LogP contribution in [0.15, 0.2) is 12.3 Å². The van der Waals surface area contributed by atoms with Gasteiger partial charge in [0.2, 0.25) is 0 Å². The van der Waals surface area contributed by atoms with Gasteiger partial charge in [-0.1, -0.05) is 0 Å². The summed E-state index contributed by atoms with van der Waals surface area (Å²) >= 11 is 0. The molecule has 2 aliphatic heterocycles. The molecule has 2 aliphatic rings. The number of ether oxygens (including phenoxy) is 3. The van der Waals surface area contributed by atoms with Crippen molar-refractivity contribution in [3.05, 3.63) is 18.0 Å². The topological polar surface area (TPSA) is 47.1 Å². The molecular weight excluding hydrogens is 306 g/mol. The molecule has 0 unspecified atom stereocenters. The number of piperidine rings is 1. The second-order valence-electron chi connectivity index (χ2n) is 6.65. The summed E-state index contributed by atoms with van der Waals surface area (Å²) in [6, 6.07) is 1.85. The van der Waals surface area contributed by atoms with Gasteiger partial charge in [-0.3, -0.25) is 14.8 Å². The first-order valence-corrected chi connectivity index (χ1v) is 8.88. The highest BCUT2D eigenvalue weighted by molar-refractivity contribution is 5.42. The van der Waals surface area contributed by atoms with E-state index in [-0.39, 0.29) is 0 Å². The second kappa shape index (κ2) is 8.65. The van der Waals surface area contributed by atoms with E-state index in [1.54, 1.807) is 20.4 Å². The van der Waals surface area contributed by atoms with E-state index in [4.69, 9.17) is 14.2 Å². The first kappa shape index (κ1) is 17.5. The van der Waals surface area contributed by atoms with Crippen LogP contribution in [0.1, 0.15) is 18.5 Å². The van der Waals surface area contributed by atoms with E-state index >= 15 is 0 Å². The van der Waals surface area contributed by atoms with Crippen molar-refractivity contribution < 1.29 is 14.2 Å². The standard InChI is InChI=1S/C18H29N3O3/c1-22-17-5-6-19-16(18(17)23-2)14-21-7-3-4-15(13-21)12-20-8-10-24-11-9-20/h5-6,15H,3-4,7-14H2,1-2H3/t15-/m1/s1. The van der Waals surface area contributed by atoms with Crippen LogP contribution in [0.5, 0.6) is 11.5 Å². The van der Waals surface area contributed by atoms with Gasteiger partial charge in [0.1, 0.15) is 5.69 Å². The fourth-order valence-electron chi connectivity index (χ4n) is 3.77. The molecule has 24 heavy (non-hydrogen) atoms. The Hall–Kier alpha value is -1.37. The monoisotopic (exact) mass is 335 g/mol. The summed E-state index contributed by atoms with van der Waals surface area (Å²) in [5.74, 6) is 2.24. The maximum absolute atomic E-state index is 5.52. The highest BCUT2D eigenvalue weighted by Crippen LogP contribution is 2.30. The van der Waals surface area contributed by atoms with Crippen LogP contribution >= 0.6 is 0 Å². The average molecular weight is 335 g/mol. The fraction of sp³-hybridized carbons (Fsp3) is 0.722. The summed E-state index contributed by atoms with van der Waals surface area (Å²) < 4.78 is 16.4. The molecule has 1 aromatic rings. The number of nitrogens with zero attached hydrogens (tertiary/aromatic N) is 3. The third kappa shape index (κ3) is 4.37. The quantitative estimate of drug-likeness (QED) is 0.788. The van der Waals surface area contributed by atoms with E-state index in [1.165, 1.54) is 19.4 Å². The van der Waals surface area contributed by atoms with Crippen LogP contribution in [0.3, 0.4) is 0 Å². The SMILES string of the molecule is COc1ccnc(CN2CCC[C@H](CN3CCOCC3)C2)c1OC. The van der Waals surface area contributed by atoms with E-state index < -0.39 is 0 Å². The number of hydrogen-bond donors (Lipinski definition) is 0. The minimum atomic E-state index is 0.730. The molecule has 0 N–H and O–H groups in total. The molecule has 134 valence electrons. The Bertz CT molecular complexity index is 520. The van der Waals surface area contributed by atoms with E-state index in [1.807, 2.05) is 6.07 Å². The van der Waals surface area contributed by atoms with E-state index in [2.05, 4.69) is 14.8 Å². The Morgan fingerprint density at radius 2 is 2.00 bits per heavy atom. The molecule has 3 rings (SSSR count). The van der Waals surface area contributed by atoms with Gasteiger partial charge in [0.15, 0.2) is 11.5 Å². The predicted molar refractivity (Wildman–Crippen MR) is 92.6 cm³/mol. The summed E-state index contributed by atoms with van der Waals surface area (Å²) in [7, 11) is 3.35. The lowest BCUT2D eigenvalue weighted by atomic mass is 9.97. The summed E-state index contributed by atoms with van der Waals surface area (Å²) in [5.41, 5.74) is 0.962. The molecular formula is C18H29N3O3. The molecule has 0 amide bonds. The van der Waals surface area contributed by atoms with Gasteiger partial charge in [-0.25, -0.2) is 0 Å². The third-order valence-corrected chi connectivity index (χ3v) is 4.96. The van der Waals surface area contributed by atoms with Gasteiger partial charge in [0.25, 0.3) is 0 Å². The Morgan fingerprint density at radius 3 is 2.75 bits per heavy atom. The molecule has 0 bridgehead atoms. The molecule has 1 atom stereocenters. The highest BCUT2D eigenvalue weighted by Gasteiger charge is 2.24. The van der Waals surface area contributed by atoms with Gasteiger partial charge < -0.3 is 14.2 Å². The largest absolute Gasteiger partial charge is 0.493 e. The maximum Gasteiger partial charge on any atom is 0.183 e. The van der Waals surface area contributed by atoms with Gasteiger partial charge in [0, 0.05) is 45.0 Å². The Morgan fingerprint density at radius 1 is 1.17 bits per heavy atom. The van der Waals surface area contributed by atoms with Crippen molar-refractivity contribution >= 4 is 0 Å². The van der Waals surface area contributed by atoms with Crippen molar-refractivity contribution in [2.45, 2.75) is 19.4 Å². The number of likely N-dealkylation sites (tertiary alicyclic amines) is 1. The maximum atomic E-state index is 5.52. The van der Waals surface area contributed by atoms with E-state index in [9.17, 15) is 0 Å². The van der Waals surface area contributed by atoms with Crippen LogP contribution in [-0.4, -0.2) is 74.9 Å². The van der Waals surface area contributed by atoms with Gasteiger partial charge in [-0.05, 0) is 25.3 Å². The zero-order valence-electron chi connectivity index (χ0n) is 14.9. The number of methoxy groups -OCH3 is 2. The van der Waals surface area contributed by atoms with E-state index in [0.29, 0.717) is 0 Å². The Balaban J connectivity index is 1.59. The van der Waals surface area contributed by atoms with Gasteiger partial charge in [-0.2, -0.15) is 0 Å². The number of aromatic nitrogens is 1. The van der Waals surface area contributed by atoms with Crippen molar-refractivity contribution in [3.63, 3.8) is 0 Å². The summed E-state index contributed by atoms with van der Waals surface area (Å²) in [6.07, 6.45) is 4.36. The van der Waals surface area contributed by atoms with Crippen LogP contribution in [0, 0.1) is 5.92 Å². The fourth-order valence-corrected chi connectivity index (χ4v) is 3.77. The number of morpholine rings is 1. The first-order valence-electron chi connectivity index (χ1n) is 8.88. The van der Waals surface area contributed by atoms with E-state index in [0.717, 1.165) is 69.0 Å². The van der Waals surface area contributed by atoms with Crippen molar-refractivity contribution in [2.24, 2.45) is 5.92 Å². The zero-order chi connectivity index (χ0) is 16.8. The number of rotatable bonds is 6. The molecule has 0 aromatic carbocycles. The molecule has 0 spiro atoms. The van der Waals surface area contributed by atoms with Crippen molar-refractivity contribution in [2.75, 3.05) is 60.2 Å². The lowest BCUT2D eigenvalue weighted by Gasteiger charge is -2.36. The molecule has 2 saturated heterocycles. The normalized spacial score (nSPS) is 23.2. The minimum absolute atomic E-state index is 0.730. The summed E-state index contributed by atoms with van der Waals surface area (Å²) in [4.78, 5) is 9.56. The second-order valence-corrected chi connectivity index (χ2v) is 6.65. The summed E-state index contributed by atoms with van der Waals surface area (Å²) in [6.45, 7) is 8.15. The smallest absolute Gasteiger partial charge is 0.183 e. The van der Waals surface area contributed by atoms with Gasteiger partial charge in [0.05, 0.1) is 27.4 Å². The van der Waals surface area contributed by atoms with Crippen LogP contribution in [0.25, 0.3) is 0 Å². The van der Waals surface area contributed by atoms with Crippen molar-refractivity contribution in [3.8, 4) is 11.5 Å². The first-order chi connectivity index (χ1) is 11.8. The zero-order valence-corrected chi connectivity index (χ0v) is 14.9. The van der Waals surface area contributed by atoms with Crippen LogP contribution in [0.4, 0.5) is 0 Å². The molecule has 0 radical (unpaired) electrons. The molecule has 6 nitrogen and oxygen atoms in total. The highest BCUT2D eigenvalue weighted by atomic mass is 16.5. The lowest BCUT2D eigenvalue weighted by molar-refractivity contribution is 0.0223. The minimum Gasteiger partial charge on any atom is -0.493 e. The number of hydrogen-bond acceptors (Lipinski definition) is 6. The van der Waals surface area contributed by atoms with Gasteiger partial charge >= 0.3 is 0 Å². The lowest BCUT2D eigenvalue weighted by Crippen LogP contribution is -2.44. The van der Waals surface area contributed by atoms with Crippen molar-refractivity contribution in [1.29, 1.82) is 0 Å². The molecule has 6 heteroatoms. The molecule has 3 heterocycles. The van der Waals surface area contributed by atoms with Crippen LogP contribution < -0.4 is 9.47 Å². The molecule has 0 aliphatic carbocycles. The van der Waals surface area contributed by atoms with Crippen LogP contribution in [-0.2, 0) is 11.3 Å². The number of pyridine rings is 1. The molecule has 1 aromatic heterocycles. The Labute approximate surface area is 144 Å². The van der Waals surface area contributed by atoms with Gasteiger partial charge in [-0.15, -0.1) is 0 Å². The van der Waals surface area contributed by atoms with Crippen molar-refractivity contribution in [1.82, 2.24) is 14.8 Å².